The lowest BCUT2D eigenvalue weighted by Crippen LogP contribution is -1.90. The SMILES string of the molecule is CCCCc1c(-c2ccccc2)n[nH]c1F. The zero-order valence-corrected chi connectivity index (χ0v) is 9.33. The molecule has 2 aromatic rings. The molecule has 1 heterocycles. The van der Waals surface area contributed by atoms with Gasteiger partial charge in [0.2, 0.25) is 5.95 Å². The zero-order valence-electron chi connectivity index (χ0n) is 9.33. The Morgan fingerprint density at radius 2 is 2.00 bits per heavy atom. The highest BCUT2D eigenvalue weighted by molar-refractivity contribution is 5.62. The van der Waals surface area contributed by atoms with E-state index in [2.05, 4.69) is 17.1 Å². The molecule has 0 aliphatic rings. The molecule has 16 heavy (non-hydrogen) atoms. The highest BCUT2D eigenvalue weighted by Gasteiger charge is 2.13. The van der Waals surface area contributed by atoms with Crippen LogP contribution in [0, 0.1) is 5.95 Å². The second kappa shape index (κ2) is 4.92. The Hall–Kier alpha value is -1.64. The highest BCUT2D eigenvalue weighted by Crippen LogP contribution is 2.24. The number of nitrogens with zero attached hydrogens (tertiary/aromatic N) is 1. The molecule has 0 radical (unpaired) electrons. The smallest absolute Gasteiger partial charge is 0.212 e. The van der Waals surface area contributed by atoms with Crippen molar-refractivity contribution in [2.24, 2.45) is 0 Å². The molecule has 0 spiro atoms. The molecule has 0 aliphatic carbocycles. The Bertz CT molecular complexity index is 448. The maximum atomic E-state index is 13.5. The zero-order chi connectivity index (χ0) is 11.4. The van der Waals surface area contributed by atoms with Gasteiger partial charge < -0.3 is 0 Å². The van der Waals surface area contributed by atoms with E-state index in [4.69, 9.17) is 0 Å². The molecule has 1 N–H and O–H groups in total. The van der Waals surface area contributed by atoms with Gasteiger partial charge in [-0.2, -0.15) is 9.49 Å². The fraction of sp³-hybridized carbons (Fsp3) is 0.308. The van der Waals surface area contributed by atoms with Crippen LogP contribution < -0.4 is 0 Å². The molecular formula is C13H15FN2. The molecule has 0 fully saturated rings. The molecule has 0 saturated heterocycles. The van der Waals surface area contributed by atoms with Crippen molar-refractivity contribution in [1.82, 2.24) is 10.2 Å². The van der Waals surface area contributed by atoms with E-state index in [1.165, 1.54) is 0 Å². The lowest BCUT2D eigenvalue weighted by molar-refractivity contribution is 0.562. The molecule has 3 heteroatoms. The molecule has 0 amide bonds. The Labute approximate surface area is 94.5 Å². The Kier molecular flexibility index (Phi) is 3.34. The predicted molar refractivity (Wildman–Crippen MR) is 62.6 cm³/mol. The number of aromatic nitrogens is 2. The van der Waals surface area contributed by atoms with Gasteiger partial charge in [0.05, 0.1) is 5.69 Å². The van der Waals surface area contributed by atoms with Crippen LogP contribution in [0.5, 0.6) is 0 Å². The summed E-state index contributed by atoms with van der Waals surface area (Å²) >= 11 is 0. The first-order valence-electron chi connectivity index (χ1n) is 5.61. The van der Waals surface area contributed by atoms with E-state index in [9.17, 15) is 4.39 Å². The summed E-state index contributed by atoms with van der Waals surface area (Å²) < 4.78 is 13.5. The summed E-state index contributed by atoms with van der Waals surface area (Å²) in [5, 5.41) is 6.47. The van der Waals surface area contributed by atoms with Crippen LogP contribution in [-0.2, 0) is 6.42 Å². The van der Waals surface area contributed by atoms with Crippen molar-refractivity contribution < 1.29 is 4.39 Å². The van der Waals surface area contributed by atoms with Gasteiger partial charge in [-0.05, 0) is 12.8 Å². The fourth-order valence-corrected chi connectivity index (χ4v) is 1.76. The monoisotopic (exact) mass is 218 g/mol. The molecular weight excluding hydrogens is 203 g/mol. The van der Waals surface area contributed by atoms with Gasteiger partial charge in [-0.15, -0.1) is 0 Å². The molecule has 1 aromatic carbocycles. The summed E-state index contributed by atoms with van der Waals surface area (Å²) in [7, 11) is 0. The number of unbranched alkanes of at least 4 members (excludes halogenated alkanes) is 1. The largest absolute Gasteiger partial charge is 0.252 e. The summed E-state index contributed by atoms with van der Waals surface area (Å²) in [5.41, 5.74) is 2.41. The van der Waals surface area contributed by atoms with Crippen molar-refractivity contribution in [2.75, 3.05) is 0 Å². The minimum atomic E-state index is -0.299. The summed E-state index contributed by atoms with van der Waals surface area (Å²) in [6.07, 6.45) is 2.78. The number of nitrogens with one attached hydrogen (secondary N) is 1. The van der Waals surface area contributed by atoms with E-state index < -0.39 is 0 Å². The number of benzene rings is 1. The summed E-state index contributed by atoms with van der Waals surface area (Å²) in [5.74, 6) is -0.299. The second-order valence-electron chi connectivity index (χ2n) is 3.83. The Morgan fingerprint density at radius 1 is 1.25 bits per heavy atom. The molecule has 0 saturated carbocycles. The first-order chi connectivity index (χ1) is 7.83. The van der Waals surface area contributed by atoms with Gasteiger partial charge in [0.15, 0.2) is 0 Å². The van der Waals surface area contributed by atoms with E-state index in [-0.39, 0.29) is 5.95 Å². The summed E-state index contributed by atoms with van der Waals surface area (Å²) in [4.78, 5) is 0. The predicted octanol–water partition coefficient (Wildman–Crippen LogP) is 3.56. The quantitative estimate of drug-likeness (QED) is 0.835. The second-order valence-corrected chi connectivity index (χ2v) is 3.83. The van der Waals surface area contributed by atoms with Gasteiger partial charge in [-0.3, -0.25) is 5.10 Å². The number of aromatic amines is 1. The van der Waals surface area contributed by atoms with Gasteiger partial charge in [-0.25, -0.2) is 0 Å². The number of hydrogen-bond acceptors (Lipinski definition) is 1. The first-order valence-corrected chi connectivity index (χ1v) is 5.61. The normalized spacial score (nSPS) is 10.6. The van der Waals surface area contributed by atoms with Crippen molar-refractivity contribution >= 4 is 0 Å². The van der Waals surface area contributed by atoms with E-state index in [1.807, 2.05) is 30.3 Å². The lowest BCUT2D eigenvalue weighted by Gasteiger charge is -2.01. The maximum absolute atomic E-state index is 13.5. The highest BCUT2D eigenvalue weighted by atomic mass is 19.1. The van der Waals surface area contributed by atoms with Crippen LogP contribution in [0.2, 0.25) is 0 Å². The molecule has 84 valence electrons. The van der Waals surface area contributed by atoms with Crippen molar-refractivity contribution in [3.05, 3.63) is 41.8 Å². The first kappa shape index (κ1) is 10.9. The maximum Gasteiger partial charge on any atom is 0.212 e. The average molecular weight is 218 g/mol. The van der Waals surface area contributed by atoms with Gasteiger partial charge in [0.1, 0.15) is 0 Å². The van der Waals surface area contributed by atoms with Crippen LogP contribution >= 0.6 is 0 Å². The third-order valence-corrected chi connectivity index (χ3v) is 2.64. The van der Waals surface area contributed by atoms with Crippen LogP contribution in [-0.4, -0.2) is 10.2 Å². The Morgan fingerprint density at radius 3 is 2.69 bits per heavy atom. The minimum Gasteiger partial charge on any atom is -0.252 e. The molecule has 0 bridgehead atoms. The van der Waals surface area contributed by atoms with Crippen LogP contribution in [0.25, 0.3) is 11.3 Å². The van der Waals surface area contributed by atoms with Crippen LogP contribution in [0.1, 0.15) is 25.3 Å². The minimum absolute atomic E-state index is 0.299. The number of hydrogen-bond donors (Lipinski definition) is 1. The van der Waals surface area contributed by atoms with Crippen LogP contribution in [0.3, 0.4) is 0 Å². The molecule has 0 atom stereocenters. The lowest BCUT2D eigenvalue weighted by atomic mass is 10.0. The molecule has 0 unspecified atom stereocenters. The van der Waals surface area contributed by atoms with Crippen molar-refractivity contribution in [1.29, 1.82) is 0 Å². The Balaban J connectivity index is 2.34. The van der Waals surface area contributed by atoms with Crippen LogP contribution in [0.15, 0.2) is 30.3 Å². The van der Waals surface area contributed by atoms with Crippen molar-refractivity contribution in [2.45, 2.75) is 26.2 Å². The molecule has 1 aromatic heterocycles. The number of H-pyrrole nitrogens is 1. The van der Waals surface area contributed by atoms with E-state index >= 15 is 0 Å². The fourth-order valence-electron chi connectivity index (χ4n) is 1.76. The molecule has 2 nitrogen and oxygen atoms in total. The van der Waals surface area contributed by atoms with Crippen molar-refractivity contribution in [3.63, 3.8) is 0 Å². The molecule has 0 aliphatic heterocycles. The summed E-state index contributed by atoms with van der Waals surface area (Å²) in [6.45, 7) is 2.10. The van der Waals surface area contributed by atoms with Gasteiger partial charge in [0.25, 0.3) is 0 Å². The average Bonchev–Trinajstić information content (AvgIpc) is 2.69. The standard InChI is InChI=1S/C13H15FN2/c1-2-3-9-11-12(15-16-13(11)14)10-7-5-4-6-8-10/h4-8H,2-3,9H2,1H3,(H,15,16). The molecule has 2 rings (SSSR count). The summed E-state index contributed by atoms with van der Waals surface area (Å²) in [6, 6.07) is 9.71. The van der Waals surface area contributed by atoms with E-state index in [0.717, 1.165) is 30.5 Å². The van der Waals surface area contributed by atoms with Gasteiger partial charge in [0, 0.05) is 11.1 Å². The topological polar surface area (TPSA) is 28.7 Å². The van der Waals surface area contributed by atoms with Gasteiger partial charge in [-0.1, -0.05) is 43.7 Å². The van der Waals surface area contributed by atoms with Crippen molar-refractivity contribution in [3.8, 4) is 11.3 Å². The number of halogens is 1. The third kappa shape index (κ3) is 2.13. The van der Waals surface area contributed by atoms with E-state index in [0.29, 0.717) is 5.56 Å². The van der Waals surface area contributed by atoms with Crippen LogP contribution in [0.4, 0.5) is 4.39 Å². The van der Waals surface area contributed by atoms with Gasteiger partial charge >= 0.3 is 0 Å². The van der Waals surface area contributed by atoms with E-state index in [1.54, 1.807) is 0 Å². The third-order valence-electron chi connectivity index (χ3n) is 2.64. The number of rotatable bonds is 4.